The molecule has 2 amide bonds. The number of ether oxygens (including phenoxy) is 1. The zero-order chi connectivity index (χ0) is 22.8. The number of aromatic nitrogens is 1. The van der Waals surface area contributed by atoms with E-state index in [9.17, 15) is 14.0 Å². The fraction of sp³-hybridized carbons (Fsp3) is 0.364. The Morgan fingerprint density at radius 2 is 2.00 bits per heavy atom. The summed E-state index contributed by atoms with van der Waals surface area (Å²) in [5.41, 5.74) is 1.34. The second-order valence-corrected chi connectivity index (χ2v) is 7.72. The lowest BCUT2D eigenvalue weighted by Gasteiger charge is -2.32. The number of carbonyl (C=O) groups excluding carboxylic acids is 2. The Morgan fingerprint density at radius 1 is 1.25 bits per heavy atom. The fourth-order valence-electron chi connectivity index (χ4n) is 3.74. The second-order valence-electron chi connectivity index (χ2n) is 7.72. The highest BCUT2D eigenvalue weighted by Crippen LogP contribution is 2.30. The molecule has 32 heavy (non-hydrogen) atoms. The maximum absolute atomic E-state index is 14.9. The van der Waals surface area contributed by atoms with Crippen molar-refractivity contribution in [1.82, 2.24) is 14.8 Å². The predicted molar refractivity (Wildman–Crippen MR) is 115 cm³/mol. The standard InChI is InChI=1S/C22H23FN6O3/c1-15(30)26(2)21-13-29(22(31)32-21)17-4-5-18(19(23)11-17)16-3-6-20(25-12-16)28-9-7-27(14-24)8-10-28/h3-6,11-12,21H,7-10,13H2,1-2H3/t21-/m0/s1. The smallest absolute Gasteiger partial charge is 0.416 e. The summed E-state index contributed by atoms with van der Waals surface area (Å²) in [7, 11) is 1.55. The van der Waals surface area contributed by atoms with E-state index in [1.54, 1.807) is 36.3 Å². The number of nitrogens with zero attached hydrogens (tertiary/aromatic N) is 6. The molecule has 0 N–H and O–H groups in total. The number of carbonyl (C=O) groups is 2. The van der Waals surface area contributed by atoms with Crippen molar-refractivity contribution in [2.24, 2.45) is 0 Å². The molecule has 2 aliphatic heterocycles. The molecular weight excluding hydrogens is 415 g/mol. The Morgan fingerprint density at radius 3 is 2.59 bits per heavy atom. The van der Waals surface area contributed by atoms with Crippen molar-refractivity contribution in [3.8, 4) is 17.3 Å². The molecule has 0 saturated carbocycles. The van der Waals surface area contributed by atoms with Crippen molar-refractivity contribution in [2.75, 3.05) is 49.6 Å². The fourth-order valence-corrected chi connectivity index (χ4v) is 3.74. The van der Waals surface area contributed by atoms with Gasteiger partial charge in [-0.25, -0.2) is 14.2 Å². The van der Waals surface area contributed by atoms with E-state index in [0.717, 1.165) is 5.82 Å². The van der Waals surface area contributed by atoms with Crippen LogP contribution in [0.25, 0.3) is 11.1 Å². The Hall–Kier alpha value is -3.87. The monoisotopic (exact) mass is 438 g/mol. The quantitative estimate of drug-likeness (QED) is 0.676. The third kappa shape index (κ3) is 4.14. The highest BCUT2D eigenvalue weighted by atomic mass is 19.1. The molecule has 9 nitrogen and oxygen atoms in total. The lowest BCUT2D eigenvalue weighted by molar-refractivity contribution is -0.134. The summed E-state index contributed by atoms with van der Waals surface area (Å²) in [6.07, 6.45) is 2.42. The van der Waals surface area contributed by atoms with Crippen LogP contribution in [0.2, 0.25) is 0 Å². The molecule has 1 aromatic carbocycles. The van der Waals surface area contributed by atoms with E-state index in [1.165, 1.54) is 22.8 Å². The number of benzene rings is 1. The van der Waals surface area contributed by atoms with Gasteiger partial charge < -0.3 is 19.4 Å². The van der Waals surface area contributed by atoms with Gasteiger partial charge >= 0.3 is 6.09 Å². The first-order chi connectivity index (χ1) is 15.4. The number of halogens is 1. The molecule has 2 fully saturated rings. The number of amides is 2. The van der Waals surface area contributed by atoms with Crippen LogP contribution in [0.5, 0.6) is 0 Å². The molecule has 0 aliphatic carbocycles. The number of cyclic esters (lactones) is 1. The van der Waals surface area contributed by atoms with Gasteiger partial charge in [0.1, 0.15) is 11.6 Å². The van der Waals surface area contributed by atoms with Crippen LogP contribution in [0.4, 0.5) is 20.7 Å². The molecular formula is C22H23FN6O3. The minimum absolute atomic E-state index is 0.128. The number of hydrogen-bond acceptors (Lipinski definition) is 7. The molecule has 1 aromatic heterocycles. The Balaban J connectivity index is 1.47. The molecule has 0 unspecified atom stereocenters. The Bertz CT molecular complexity index is 1060. The molecule has 4 rings (SSSR count). The van der Waals surface area contributed by atoms with Crippen molar-refractivity contribution in [1.29, 1.82) is 5.26 Å². The Kier molecular flexibility index (Phi) is 5.81. The van der Waals surface area contributed by atoms with Crippen LogP contribution in [0.15, 0.2) is 36.5 Å². The number of rotatable bonds is 4. The van der Waals surface area contributed by atoms with E-state index in [-0.39, 0.29) is 12.5 Å². The van der Waals surface area contributed by atoms with Crippen molar-refractivity contribution >= 4 is 23.5 Å². The topological polar surface area (TPSA) is 93.0 Å². The first-order valence-electron chi connectivity index (χ1n) is 10.2. The van der Waals surface area contributed by atoms with E-state index in [1.807, 2.05) is 6.07 Å². The molecule has 0 bridgehead atoms. The molecule has 2 aromatic rings. The van der Waals surface area contributed by atoms with Gasteiger partial charge in [-0.15, -0.1) is 0 Å². The van der Waals surface area contributed by atoms with E-state index < -0.39 is 18.1 Å². The normalized spacial score (nSPS) is 18.4. The highest BCUT2D eigenvalue weighted by Gasteiger charge is 2.36. The van der Waals surface area contributed by atoms with Crippen LogP contribution in [0.3, 0.4) is 0 Å². The number of piperazine rings is 1. The van der Waals surface area contributed by atoms with Crippen LogP contribution in [-0.4, -0.2) is 72.8 Å². The molecule has 1 atom stereocenters. The predicted octanol–water partition coefficient (Wildman–Crippen LogP) is 2.25. The average Bonchev–Trinajstić information content (AvgIpc) is 3.20. The molecule has 10 heteroatoms. The second kappa shape index (κ2) is 8.70. The SMILES string of the molecule is CC(=O)N(C)[C@@H]1CN(c2ccc(-c3ccc(N4CCN(C#N)CC4)nc3)c(F)c2)C(=O)O1. The minimum atomic E-state index is -0.713. The number of pyridine rings is 1. The lowest BCUT2D eigenvalue weighted by Crippen LogP contribution is -2.44. The van der Waals surface area contributed by atoms with Crippen LogP contribution < -0.4 is 9.80 Å². The average molecular weight is 438 g/mol. The summed E-state index contributed by atoms with van der Waals surface area (Å²) >= 11 is 0. The maximum Gasteiger partial charge on any atom is 0.416 e. The third-order valence-corrected chi connectivity index (χ3v) is 5.79. The van der Waals surface area contributed by atoms with Gasteiger partial charge in [0.05, 0.1) is 12.2 Å². The molecule has 2 saturated heterocycles. The van der Waals surface area contributed by atoms with Gasteiger partial charge in [0, 0.05) is 57.5 Å². The zero-order valence-corrected chi connectivity index (χ0v) is 17.9. The van der Waals surface area contributed by atoms with Crippen LogP contribution >= 0.6 is 0 Å². The number of nitriles is 1. The summed E-state index contributed by atoms with van der Waals surface area (Å²) < 4.78 is 20.1. The van der Waals surface area contributed by atoms with E-state index in [2.05, 4.69) is 16.1 Å². The molecule has 2 aliphatic rings. The molecule has 166 valence electrons. The number of hydrogen-bond donors (Lipinski definition) is 0. The van der Waals surface area contributed by atoms with Gasteiger partial charge in [0.25, 0.3) is 0 Å². The van der Waals surface area contributed by atoms with Crippen LogP contribution in [0, 0.1) is 17.3 Å². The van der Waals surface area contributed by atoms with Crippen molar-refractivity contribution < 1.29 is 18.7 Å². The van der Waals surface area contributed by atoms with E-state index >= 15 is 0 Å². The Labute approximate surface area is 185 Å². The summed E-state index contributed by atoms with van der Waals surface area (Å²) in [4.78, 5) is 34.6. The van der Waals surface area contributed by atoms with Gasteiger partial charge in [-0.2, -0.15) is 5.26 Å². The van der Waals surface area contributed by atoms with Crippen molar-refractivity contribution in [2.45, 2.75) is 13.2 Å². The van der Waals surface area contributed by atoms with Gasteiger partial charge in [0.15, 0.2) is 12.4 Å². The van der Waals surface area contributed by atoms with Gasteiger partial charge in [-0.3, -0.25) is 9.69 Å². The van der Waals surface area contributed by atoms with Gasteiger partial charge in [-0.05, 0) is 30.3 Å². The molecule has 0 radical (unpaired) electrons. The first-order valence-corrected chi connectivity index (χ1v) is 10.2. The van der Waals surface area contributed by atoms with Crippen LogP contribution in [0.1, 0.15) is 6.92 Å². The highest BCUT2D eigenvalue weighted by molar-refractivity contribution is 5.90. The van der Waals surface area contributed by atoms with Crippen molar-refractivity contribution in [3.05, 3.63) is 42.3 Å². The number of likely N-dealkylation sites (N-methyl/N-ethyl adjacent to an activating group) is 1. The molecule has 3 heterocycles. The minimum Gasteiger partial charge on any atom is -0.423 e. The zero-order valence-electron chi connectivity index (χ0n) is 17.9. The van der Waals surface area contributed by atoms with Gasteiger partial charge in [-0.1, -0.05) is 0 Å². The van der Waals surface area contributed by atoms with Crippen LogP contribution in [-0.2, 0) is 9.53 Å². The van der Waals surface area contributed by atoms with Gasteiger partial charge in [0.2, 0.25) is 5.91 Å². The molecule has 0 spiro atoms. The number of anilines is 2. The summed E-state index contributed by atoms with van der Waals surface area (Å²) in [5, 5.41) is 8.96. The summed E-state index contributed by atoms with van der Waals surface area (Å²) in [6, 6.07) is 8.17. The summed E-state index contributed by atoms with van der Waals surface area (Å²) in [6.45, 7) is 4.22. The lowest BCUT2D eigenvalue weighted by atomic mass is 10.1. The van der Waals surface area contributed by atoms with E-state index in [4.69, 9.17) is 10.00 Å². The van der Waals surface area contributed by atoms with E-state index in [0.29, 0.717) is 43.0 Å². The van der Waals surface area contributed by atoms with Crippen molar-refractivity contribution in [3.63, 3.8) is 0 Å². The first kappa shape index (κ1) is 21.4. The third-order valence-electron chi connectivity index (χ3n) is 5.79. The largest absolute Gasteiger partial charge is 0.423 e. The maximum atomic E-state index is 14.9. The summed E-state index contributed by atoms with van der Waals surface area (Å²) in [5.74, 6) is 0.0636.